The Balaban J connectivity index is 2.29. The molecular formula is C13H17NO3. The topological polar surface area (TPSA) is 59.2 Å². The number of rotatable bonds is 2. The Labute approximate surface area is 100 Å². The second-order valence-corrected chi connectivity index (χ2v) is 4.50. The van der Waals surface area contributed by atoms with Crippen LogP contribution in [-0.2, 0) is 4.74 Å². The van der Waals surface area contributed by atoms with Gasteiger partial charge in [0.1, 0.15) is 5.56 Å². The molecule has 1 heterocycles. The molecule has 0 aromatic carbocycles. The Morgan fingerprint density at radius 1 is 1.35 bits per heavy atom. The maximum Gasteiger partial charge on any atom is 0.343 e. The molecule has 0 spiro atoms. The molecule has 2 rings (SSSR count). The number of aromatic amines is 1. The Bertz CT molecular complexity index is 458. The Kier molecular flexibility index (Phi) is 3.61. The highest BCUT2D eigenvalue weighted by molar-refractivity contribution is 5.89. The second-order valence-electron chi connectivity index (χ2n) is 4.50. The molecule has 1 aliphatic rings. The summed E-state index contributed by atoms with van der Waals surface area (Å²) < 4.78 is 4.60. The van der Waals surface area contributed by atoms with Crippen LogP contribution in [0.4, 0.5) is 0 Å². The number of aromatic nitrogens is 1. The molecule has 0 bridgehead atoms. The van der Waals surface area contributed by atoms with Crippen LogP contribution >= 0.6 is 0 Å². The average Bonchev–Trinajstić information content (AvgIpc) is 2.39. The first-order valence-corrected chi connectivity index (χ1v) is 6.03. The number of hydrogen-bond acceptors (Lipinski definition) is 3. The van der Waals surface area contributed by atoms with Crippen LogP contribution in [0.15, 0.2) is 17.1 Å². The molecule has 92 valence electrons. The molecule has 0 radical (unpaired) electrons. The third-order valence-electron chi connectivity index (χ3n) is 3.41. The molecule has 1 saturated carbocycles. The molecule has 0 unspecified atom stereocenters. The summed E-state index contributed by atoms with van der Waals surface area (Å²) in [4.78, 5) is 25.5. The van der Waals surface area contributed by atoms with Crippen LogP contribution in [0, 0.1) is 0 Å². The molecule has 0 saturated heterocycles. The van der Waals surface area contributed by atoms with Crippen LogP contribution in [0.3, 0.4) is 0 Å². The number of hydrogen-bond donors (Lipinski definition) is 1. The van der Waals surface area contributed by atoms with E-state index >= 15 is 0 Å². The Morgan fingerprint density at radius 3 is 2.71 bits per heavy atom. The van der Waals surface area contributed by atoms with Gasteiger partial charge in [-0.25, -0.2) is 4.79 Å². The molecule has 1 aliphatic carbocycles. The third-order valence-corrected chi connectivity index (χ3v) is 3.41. The molecule has 0 atom stereocenters. The number of ether oxygens (including phenoxy) is 1. The summed E-state index contributed by atoms with van der Waals surface area (Å²) in [6, 6.07) is 1.68. The van der Waals surface area contributed by atoms with Crippen molar-refractivity contribution < 1.29 is 9.53 Å². The summed E-state index contributed by atoms with van der Waals surface area (Å²) >= 11 is 0. The quantitative estimate of drug-likeness (QED) is 0.799. The summed E-state index contributed by atoms with van der Waals surface area (Å²) in [5.41, 5.74) is 0.775. The zero-order valence-corrected chi connectivity index (χ0v) is 9.99. The summed E-state index contributed by atoms with van der Waals surface area (Å²) in [5, 5.41) is 0. The van der Waals surface area contributed by atoms with Crippen molar-refractivity contribution in [1.82, 2.24) is 4.98 Å². The summed E-state index contributed by atoms with van der Waals surface area (Å²) in [5.74, 6) is -0.104. The van der Waals surface area contributed by atoms with Crippen molar-refractivity contribution in [3.05, 3.63) is 33.7 Å². The van der Waals surface area contributed by atoms with Gasteiger partial charge in [0.2, 0.25) is 0 Å². The molecule has 0 aliphatic heterocycles. The third kappa shape index (κ3) is 2.57. The van der Waals surface area contributed by atoms with Crippen LogP contribution in [0.5, 0.6) is 0 Å². The van der Waals surface area contributed by atoms with Gasteiger partial charge < -0.3 is 9.72 Å². The lowest BCUT2D eigenvalue weighted by molar-refractivity contribution is 0.0598. The number of nitrogens with one attached hydrogen (secondary N) is 1. The highest BCUT2D eigenvalue weighted by Gasteiger charge is 2.18. The van der Waals surface area contributed by atoms with E-state index in [-0.39, 0.29) is 11.1 Å². The predicted octanol–water partition coefficient (Wildman–Crippen LogP) is 2.21. The van der Waals surface area contributed by atoms with Crippen LogP contribution in [0.25, 0.3) is 0 Å². The minimum absolute atomic E-state index is 0.107. The molecule has 0 amide bonds. The average molecular weight is 235 g/mol. The number of pyridine rings is 1. The van der Waals surface area contributed by atoms with Crippen LogP contribution in [-0.4, -0.2) is 18.1 Å². The molecular weight excluding hydrogens is 218 g/mol. The first-order chi connectivity index (χ1) is 8.22. The largest absolute Gasteiger partial charge is 0.465 e. The molecule has 4 heteroatoms. The number of carbonyl (C=O) groups is 1. The van der Waals surface area contributed by atoms with Crippen LogP contribution < -0.4 is 5.56 Å². The minimum Gasteiger partial charge on any atom is -0.465 e. The van der Waals surface area contributed by atoms with Crippen molar-refractivity contribution in [2.45, 2.75) is 38.0 Å². The summed E-state index contributed by atoms with van der Waals surface area (Å²) in [7, 11) is 1.29. The van der Waals surface area contributed by atoms with E-state index in [1.165, 1.54) is 26.4 Å². The van der Waals surface area contributed by atoms with E-state index in [4.69, 9.17) is 0 Å². The smallest absolute Gasteiger partial charge is 0.343 e. The number of H-pyrrole nitrogens is 1. The molecule has 1 aromatic heterocycles. The van der Waals surface area contributed by atoms with Gasteiger partial charge in [-0.3, -0.25) is 4.79 Å². The van der Waals surface area contributed by atoms with E-state index in [0.29, 0.717) is 5.92 Å². The molecule has 1 aromatic rings. The van der Waals surface area contributed by atoms with E-state index in [1.807, 2.05) is 0 Å². The lowest BCUT2D eigenvalue weighted by Gasteiger charge is -2.21. The second kappa shape index (κ2) is 5.17. The fourth-order valence-electron chi connectivity index (χ4n) is 2.43. The van der Waals surface area contributed by atoms with E-state index in [2.05, 4.69) is 9.72 Å². The fourth-order valence-corrected chi connectivity index (χ4v) is 2.43. The zero-order chi connectivity index (χ0) is 12.3. The van der Waals surface area contributed by atoms with Gasteiger partial charge in [0.25, 0.3) is 5.56 Å². The molecule has 1 N–H and O–H groups in total. The maximum atomic E-state index is 11.5. The van der Waals surface area contributed by atoms with Crippen LogP contribution in [0.1, 0.15) is 53.9 Å². The summed E-state index contributed by atoms with van der Waals surface area (Å²) in [6.07, 6.45) is 7.71. The highest BCUT2D eigenvalue weighted by Crippen LogP contribution is 2.32. The lowest BCUT2D eigenvalue weighted by atomic mass is 9.84. The standard InChI is InChI=1S/C13H17NO3/c1-17-13(16)11-7-10(8-14-12(11)15)9-5-3-2-4-6-9/h7-9H,2-6H2,1H3,(H,14,15). The number of carbonyl (C=O) groups excluding carboxylic acids is 1. The Hall–Kier alpha value is -1.58. The molecule has 1 fully saturated rings. The van der Waals surface area contributed by atoms with Gasteiger partial charge in [0.05, 0.1) is 7.11 Å². The molecule has 4 nitrogen and oxygen atoms in total. The van der Waals surface area contributed by atoms with Gasteiger partial charge in [0.15, 0.2) is 0 Å². The lowest BCUT2D eigenvalue weighted by Crippen LogP contribution is -2.20. The van der Waals surface area contributed by atoms with Crippen LogP contribution in [0.2, 0.25) is 0 Å². The van der Waals surface area contributed by atoms with Crippen molar-refractivity contribution >= 4 is 5.97 Å². The normalized spacial score (nSPS) is 16.8. The highest BCUT2D eigenvalue weighted by atomic mass is 16.5. The zero-order valence-electron chi connectivity index (χ0n) is 9.99. The van der Waals surface area contributed by atoms with Gasteiger partial charge in [-0.1, -0.05) is 19.3 Å². The van der Waals surface area contributed by atoms with E-state index in [0.717, 1.165) is 18.4 Å². The van der Waals surface area contributed by atoms with Gasteiger partial charge in [-0.15, -0.1) is 0 Å². The van der Waals surface area contributed by atoms with Crippen molar-refractivity contribution in [2.24, 2.45) is 0 Å². The van der Waals surface area contributed by atoms with Gasteiger partial charge >= 0.3 is 5.97 Å². The van der Waals surface area contributed by atoms with Gasteiger partial charge in [-0.05, 0) is 30.4 Å². The Morgan fingerprint density at radius 2 is 2.06 bits per heavy atom. The van der Waals surface area contributed by atoms with Crippen molar-refractivity contribution in [3.63, 3.8) is 0 Å². The van der Waals surface area contributed by atoms with E-state index < -0.39 is 5.97 Å². The first kappa shape index (κ1) is 11.9. The summed E-state index contributed by atoms with van der Waals surface area (Å²) in [6.45, 7) is 0. The van der Waals surface area contributed by atoms with Crippen molar-refractivity contribution in [1.29, 1.82) is 0 Å². The van der Waals surface area contributed by atoms with Gasteiger partial charge in [-0.2, -0.15) is 0 Å². The predicted molar refractivity (Wildman–Crippen MR) is 64.2 cm³/mol. The van der Waals surface area contributed by atoms with Gasteiger partial charge in [0, 0.05) is 6.20 Å². The van der Waals surface area contributed by atoms with E-state index in [1.54, 1.807) is 12.3 Å². The number of esters is 1. The van der Waals surface area contributed by atoms with E-state index in [9.17, 15) is 9.59 Å². The fraction of sp³-hybridized carbons (Fsp3) is 0.538. The monoisotopic (exact) mass is 235 g/mol. The maximum absolute atomic E-state index is 11.5. The van der Waals surface area contributed by atoms with Crippen molar-refractivity contribution in [3.8, 4) is 0 Å². The number of methoxy groups -OCH3 is 1. The van der Waals surface area contributed by atoms with Crippen molar-refractivity contribution in [2.75, 3.05) is 7.11 Å². The molecule has 17 heavy (non-hydrogen) atoms. The SMILES string of the molecule is COC(=O)c1cc(C2CCCCC2)c[nH]c1=O. The first-order valence-electron chi connectivity index (χ1n) is 6.03. The minimum atomic E-state index is -0.566.